The zero-order valence-electron chi connectivity index (χ0n) is 42.7. The van der Waals surface area contributed by atoms with Crippen molar-refractivity contribution in [1.82, 2.24) is 0 Å². The molecule has 374 valence electrons. The molecule has 0 N–H and O–H groups in total. The third kappa shape index (κ3) is 51.7. The lowest BCUT2D eigenvalue weighted by Crippen LogP contribution is -2.30. The molecular weight excluding hydrogens is 805 g/mol. The highest BCUT2D eigenvalue weighted by Gasteiger charge is 2.19. The van der Waals surface area contributed by atoms with Crippen LogP contribution >= 0.6 is 0 Å². The normalized spacial score (nSPS) is 12.6. The van der Waals surface area contributed by atoms with Crippen molar-refractivity contribution in [3.63, 3.8) is 0 Å². The summed E-state index contributed by atoms with van der Waals surface area (Å²) in [6, 6.07) is 0. The minimum Gasteiger partial charge on any atom is -0.462 e. The molecule has 0 aliphatic carbocycles. The Bertz CT molecular complexity index is 1230. The predicted octanol–water partition coefficient (Wildman–Crippen LogP) is 18.2. The second-order valence-electron chi connectivity index (χ2n) is 18.1. The molecule has 1 unspecified atom stereocenters. The zero-order chi connectivity index (χ0) is 47.2. The molecule has 0 heterocycles. The van der Waals surface area contributed by atoms with Crippen LogP contribution in [0.1, 0.15) is 265 Å². The minimum absolute atomic E-state index is 0.0745. The van der Waals surface area contributed by atoms with Crippen LogP contribution in [-0.2, 0) is 28.6 Å². The van der Waals surface area contributed by atoms with Crippen LogP contribution < -0.4 is 0 Å². The number of carbonyl (C=O) groups excluding carboxylic acids is 3. The van der Waals surface area contributed by atoms with Crippen LogP contribution in [0.2, 0.25) is 0 Å². The summed E-state index contributed by atoms with van der Waals surface area (Å²) in [5.74, 6) is -0.881. The molecule has 0 saturated carbocycles. The molecule has 6 heteroatoms. The molecule has 0 rings (SSSR count). The fraction of sp³-hybridized carbons (Fsp3) is 0.746. The monoisotopic (exact) mass is 907 g/mol. The highest BCUT2D eigenvalue weighted by molar-refractivity contribution is 5.71. The highest BCUT2D eigenvalue weighted by atomic mass is 16.6. The highest BCUT2D eigenvalue weighted by Crippen LogP contribution is 2.15. The van der Waals surface area contributed by atoms with Gasteiger partial charge >= 0.3 is 17.9 Å². The summed E-state index contributed by atoms with van der Waals surface area (Å²) in [4.78, 5) is 37.9. The Morgan fingerprint density at radius 2 is 0.600 bits per heavy atom. The van der Waals surface area contributed by atoms with Gasteiger partial charge in [0.2, 0.25) is 0 Å². The van der Waals surface area contributed by atoms with Gasteiger partial charge in [-0.05, 0) is 70.6 Å². The van der Waals surface area contributed by atoms with Crippen LogP contribution in [0.3, 0.4) is 0 Å². The van der Waals surface area contributed by atoms with Crippen molar-refractivity contribution in [1.29, 1.82) is 0 Å². The van der Waals surface area contributed by atoms with E-state index in [0.29, 0.717) is 19.3 Å². The standard InChI is InChI=1S/C59H102O6/c1-4-7-10-13-16-19-21-22-23-24-25-26-27-28-29-30-31-32-33-34-35-36-38-40-43-46-49-52-58(61)64-55-56(54-63-57(60)51-48-45-42-39-18-15-12-9-6-3)65-59(62)53-50-47-44-41-37-20-17-14-11-8-5-2/h7,10,16,19,22-23,25-26,28-29,31-32,56H,4-6,8-9,11-15,17-18,20-21,24,27,30,33-55H2,1-3H3/b10-7-,19-16-,23-22-,26-25-,29-28-,32-31-. The SMILES string of the molecule is CC/C=C\C/C=C\C/C=C\C/C=C\C/C=C\C/C=C\CCCCCCCCCCC(=O)OCC(COC(=O)CCCCCCCCCCC)OC(=O)CCCCCCCCCCCCC. The van der Waals surface area contributed by atoms with E-state index in [1.54, 1.807) is 0 Å². The van der Waals surface area contributed by atoms with E-state index in [1.807, 2.05) is 0 Å². The smallest absolute Gasteiger partial charge is 0.306 e. The van der Waals surface area contributed by atoms with Crippen LogP contribution in [0.25, 0.3) is 0 Å². The summed E-state index contributed by atoms with van der Waals surface area (Å²) in [5.41, 5.74) is 0. The second-order valence-corrected chi connectivity index (χ2v) is 18.1. The molecule has 0 aromatic carbocycles. The van der Waals surface area contributed by atoms with Crippen molar-refractivity contribution < 1.29 is 28.6 Å². The van der Waals surface area contributed by atoms with Gasteiger partial charge in [-0.15, -0.1) is 0 Å². The van der Waals surface area contributed by atoms with Crippen LogP contribution in [0.5, 0.6) is 0 Å². The van der Waals surface area contributed by atoms with E-state index in [2.05, 4.69) is 93.7 Å². The van der Waals surface area contributed by atoms with Crippen LogP contribution in [0.15, 0.2) is 72.9 Å². The first-order valence-electron chi connectivity index (χ1n) is 27.4. The number of unbranched alkanes of at least 4 members (excludes halogenated alkanes) is 26. The maximum absolute atomic E-state index is 12.7. The van der Waals surface area contributed by atoms with E-state index in [9.17, 15) is 14.4 Å². The molecule has 65 heavy (non-hydrogen) atoms. The van der Waals surface area contributed by atoms with Gasteiger partial charge in [0.25, 0.3) is 0 Å². The molecule has 0 aliphatic rings. The third-order valence-corrected chi connectivity index (χ3v) is 11.7. The van der Waals surface area contributed by atoms with Gasteiger partial charge in [0.05, 0.1) is 0 Å². The Balaban J connectivity index is 4.19. The van der Waals surface area contributed by atoms with Crippen molar-refractivity contribution in [2.75, 3.05) is 13.2 Å². The van der Waals surface area contributed by atoms with Gasteiger partial charge in [-0.1, -0.05) is 248 Å². The Hall–Kier alpha value is -3.15. The molecule has 0 bridgehead atoms. The maximum atomic E-state index is 12.7. The van der Waals surface area contributed by atoms with Gasteiger partial charge in [0.1, 0.15) is 13.2 Å². The Labute approximate surface area is 402 Å². The van der Waals surface area contributed by atoms with E-state index in [1.165, 1.54) is 122 Å². The molecule has 0 aromatic rings. The number of rotatable bonds is 49. The largest absolute Gasteiger partial charge is 0.462 e. The van der Waals surface area contributed by atoms with Crippen LogP contribution in [0, 0.1) is 0 Å². The number of ether oxygens (including phenoxy) is 3. The molecule has 0 saturated heterocycles. The first-order valence-corrected chi connectivity index (χ1v) is 27.4. The number of hydrogen-bond acceptors (Lipinski definition) is 6. The topological polar surface area (TPSA) is 78.9 Å². The minimum atomic E-state index is -0.773. The Kier molecular flexibility index (Phi) is 50.9. The van der Waals surface area contributed by atoms with Crippen LogP contribution in [0.4, 0.5) is 0 Å². The van der Waals surface area contributed by atoms with E-state index < -0.39 is 6.10 Å². The van der Waals surface area contributed by atoms with Gasteiger partial charge in [-0.3, -0.25) is 14.4 Å². The summed E-state index contributed by atoms with van der Waals surface area (Å²) in [6.45, 7) is 6.50. The number of allylic oxidation sites excluding steroid dienone is 12. The van der Waals surface area contributed by atoms with E-state index in [0.717, 1.165) is 103 Å². The fourth-order valence-corrected chi connectivity index (χ4v) is 7.62. The summed E-state index contributed by atoms with van der Waals surface area (Å²) in [5, 5.41) is 0. The summed E-state index contributed by atoms with van der Waals surface area (Å²) in [7, 11) is 0. The number of hydrogen-bond donors (Lipinski definition) is 0. The number of esters is 3. The zero-order valence-corrected chi connectivity index (χ0v) is 42.7. The summed E-state index contributed by atoms with van der Waals surface area (Å²) < 4.78 is 16.8. The Morgan fingerprint density at radius 1 is 0.323 bits per heavy atom. The van der Waals surface area contributed by atoms with Crippen molar-refractivity contribution in [3.8, 4) is 0 Å². The van der Waals surface area contributed by atoms with Gasteiger partial charge in [-0.25, -0.2) is 0 Å². The third-order valence-electron chi connectivity index (χ3n) is 11.7. The fourth-order valence-electron chi connectivity index (χ4n) is 7.62. The first kappa shape index (κ1) is 61.9. The second kappa shape index (κ2) is 53.5. The van der Waals surface area contributed by atoms with Gasteiger partial charge in [0, 0.05) is 19.3 Å². The Morgan fingerprint density at radius 3 is 0.938 bits per heavy atom. The number of carbonyl (C=O) groups is 3. The van der Waals surface area contributed by atoms with Crippen molar-refractivity contribution in [2.45, 2.75) is 271 Å². The quantitative estimate of drug-likeness (QED) is 0.0262. The molecular formula is C59H102O6. The molecule has 6 nitrogen and oxygen atoms in total. The molecule has 0 fully saturated rings. The average Bonchev–Trinajstić information content (AvgIpc) is 3.30. The molecule has 0 aromatic heterocycles. The molecule has 0 amide bonds. The van der Waals surface area contributed by atoms with Gasteiger partial charge in [0.15, 0.2) is 6.10 Å². The lowest BCUT2D eigenvalue weighted by molar-refractivity contribution is -0.167. The first-order chi connectivity index (χ1) is 32.0. The van der Waals surface area contributed by atoms with Crippen molar-refractivity contribution in [2.24, 2.45) is 0 Å². The van der Waals surface area contributed by atoms with Crippen molar-refractivity contribution >= 4 is 17.9 Å². The summed E-state index contributed by atoms with van der Waals surface area (Å²) in [6.07, 6.45) is 67.6. The summed E-state index contributed by atoms with van der Waals surface area (Å²) >= 11 is 0. The molecule has 1 atom stereocenters. The van der Waals surface area contributed by atoms with E-state index >= 15 is 0 Å². The lowest BCUT2D eigenvalue weighted by Gasteiger charge is -2.18. The maximum Gasteiger partial charge on any atom is 0.306 e. The van der Waals surface area contributed by atoms with Crippen LogP contribution in [-0.4, -0.2) is 37.2 Å². The van der Waals surface area contributed by atoms with Gasteiger partial charge in [-0.2, -0.15) is 0 Å². The predicted molar refractivity (Wildman–Crippen MR) is 279 cm³/mol. The molecule has 0 aliphatic heterocycles. The van der Waals surface area contributed by atoms with Gasteiger partial charge < -0.3 is 14.2 Å². The molecule has 0 spiro atoms. The average molecular weight is 907 g/mol. The van der Waals surface area contributed by atoms with Crippen molar-refractivity contribution in [3.05, 3.63) is 72.9 Å². The van der Waals surface area contributed by atoms with E-state index in [-0.39, 0.29) is 31.1 Å². The lowest BCUT2D eigenvalue weighted by atomic mass is 10.1. The molecule has 0 radical (unpaired) electrons. The van der Waals surface area contributed by atoms with E-state index in [4.69, 9.17) is 14.2 Å².